The number of carbonyl (C=O) groups excluding carboxylic acids is 1. The molecule has 0 spiro atoms. The molecular formula is C9H7ClN4O. The summed E-state index contributed by atoms with van der Waals surface area (Å²) < 4.78 is 1.53. The number of fused-ring (bicyclic) bond motifs is 1. The van der Waals surface area contributed by atoms with Gasteiger partial charge in [-0.2, -0.15) is 5.10 Å². The van der Waals surface area contributed by atoms with E-state index in [9.17, 15) is 4.79 Å². The van der Waals surface area contributed by atoms with Gasteiger partial charge in [-0.3, -0.25) is 4.79 Å². The van der Waals surface area contributed by atoms with Crippen LogP contribution in [0.5, 0.6) is 0 Å². The Morgan fingerprint density at radius 3 is 3.07 bits per heavy atom. The van der Waals surface area contributed by atoms with Crippen LogP contribution >= 0.6 is 11.6 Å². The van der Waals surface area contributed by atoms with Gasteiger partial charge in [0.2, 0.25) is 5.91 Å². The average Bonchev–Trinajstić information content (AvgIpc) is 2.57. The number of carbonyl (C=O) groups is 1. The molecule has 2 aromatic heterocycles. The van der Waals surface area contributed by atoms with Crippen LogP contribution < -0.4 is 5.73 Å². The van der Waals surface area contributed by atoms with Crippen LogP contribution in [0.15, 0.2) is 24.4 Å². The Bertz CT molecular complexity index is 546. The van der Waals surface area contributed by atoms with Crippen LogP contribution in [0.4, 0.5) is 0 Å². The highest BCUT2D eigenvalue weighted by atomic mass is 35.5. The first-order valence-corrected chi connectivity index (χ1v) is 4.52. The van der Waals surface area contributed by atoms with Crippen LogP contribution in [0.25, 0.3) is 11.7 Å². The summed E-state index contributed by atoms with van der Waals surface area (Å²) in [5, 5.41) is 4.39. The fourth-order valence-corrected chi connectivity index (χ4v) is 1.29. The van der Waals surface area contributed by atoms with E-state index in [4.69, 9.17) is 17.3 Å². The van der Waals surface area contributed by atoms with Crippen molar-refractivity contribution in [3.05, 3.63) is 35.3 Å². The lowest BCUT2D eigenvalue weighted by Gasteiger charge is -1.95. The summed E-state index contributed by atoms with van der Waals surface area (Å²) in [6.45, 7) is 0. The molecule has 6 heteroatoms. The quantitative estimate of drug-likeness (QED) is 0.767. The van der Waals surface area contributed by atoms with Crippen LogP contribution in [-0.2, 0) is 4.79 Å². The van der Waals surface area contributed by atoms with Crippen molar-refractivity contribution in [2.24, 2.45) is 5.73 Å². The van der Waals surface area contributed by atoms with E-state index >= 15 is 0 Å². The highest BCUT2D eigenvalue weighted by molar-refractivity contribution is 6.29. The number of imidazole rings is 1. The second-order valence-electron chi connectivity index (χ2n) is 2.84. The third kappa shape index (κ3) is 1.97. The summed E-state index contributed by atoms with van der Waals surface area (Å²) in [5.74, 6) is -0.521. The molecule has 5 nitrogen and oxygen atoms in total. The first-order chi connectivity index (χ1) is 7.16. The molecule has 0 unspecified atom stereocenters. The van der Waals surface area contributed by atoms with Crippen LogP contribution in [0, 0.1) is 0 Å². The predicted molar refractivity (Wildman–Crippen MR) is 56.2 cm³/mol. The Hall–Kier alpha value is -1.88. The molecule has 2 N–H and O–H groups in total. The molecule has 2 rings (SSSR count). The maximum atomic E-state index is 10.6. The summed E-state index contributed by atoms with van der Waals surface area (Å²) in [6, 6.07) is 3.38. The number of rotatable bonds is 2. The van der Waals surface area contributed by atoms with Crippen molar-refractivity contribution in [2.75, 3.05) is 0 Å². The Balaban J connectivity index is 2.52. The van der Waals surface area contributed by atoms with Crippen molar-refractivity contribution < 1.29 is 4.79 Å². The van der Waals surface area contributed by atoms with E-state index in [1.165, 1.54) is 16.7 Å². The lowest BCUT2D eigenvalue weighted by Crippen LogP contribution is -2.05. The SMILES string of the molecule is NC(=O)C=Cc1cnc2ccc(Cl)nn12. The standard InChI is InChI=1S/C9H7ClN4O/c10-7-2-4-9-12-5-6(14(9)13-7)1-3-8(11)15/h1-5H,(H2,11,15). The van der Waals surface area contributed by atoms with E-state index < -0.39 is 5.91 Å². The van der Waals surface area contributed by atoms with E-state index in [0.29, 0.717) is 16.5 Å². The molecule has 2 aromatic rings. The molecule has 0 aliphatic carbocycles. The molecule has 0 aliphatic rings. The third-order valence-corrected chi connectivity index (χ3v) is 1.98. The lowest BCUT2D eigenvalue weighted by molar-refractivity contribution is -0.113. The second-order valence-corrected chi connectivity index (χ2v) is 3.23. The Morgan fingerprint density at radius 2 is 2.33 bits per heavy atom. The molecule has 0 aliphatic heterocycles. The highest BCUT2D eigenvalue weighted by Crippen LogP contribution is 2.10. The maximum Gasteiger partial charge on any atom is 0.241 e. The van der Waals surface area contributed by atoms with Crippen LogP contribution in [0.1, 0.15) is 5.69 Å². The van der Waals surface area contributed by atoms with Crippen LogP contribution in [0.3, 0.4) is 0 Å². The number of hydrogen-bond acceptors (Lipinski definition) is 3. The van der Waals surface area contributed by atoms with Gasteiger partial charge >= 0.3 is 0 Å². The first kappa shape index (κ1) is 9.67. The number of primary amides is 1. The molecule has 0 saturated carbocycles. The topological polar surface area (TPSA) is 73.3 Å². The van der Waals surface area contributed by atoms with Gasteiger partial charge in [0, 0.05) is 6.08 Å². The number of nitrogens with two attached hydrogens (primary N) is 1. The van der Waals surface area contributed by atoms with E-state index in [0.717, 1.165) is 0 Å². The van der Waals surface area contributed by atoms with Gasteiger partial charge in [0.25, 0.3) is 0 Å². The Labute approximate surface area is 90.2 Å². The van der Waals surface area contributed by atoms with Gasteiger partial charge in [0.15, 0.2) is 5.65 Å². The summed E-state index contributed by atoms with van der Waals surface area (Å²) in [7, 11) is 0. The van der Waals surface area contributed by atoms with E-state index in [-0.39, 0.29) is 0 Å². The van der Waals surface area contributed by atoms with Crippen molar-refractivity contribution in [1.82, 2.24) is 14.6 Å². The molecule has 0 radical (unpaired) electrons. The highest BCUT2D eigenvalue weighted by Gasteiger charge is 2.01. The van der Waals surface area contributed by atoms with Crippen molar-refractivity contribution in [3.8, 4) is 0 Å². The third-order valence-electron chi connectivity index (χ3n) is 1.77. The Morgan fingerprint density at radius 1 is 1.53 bits per heavy atom. The number of amides is 1. The molecule has 0 atom stereocenters. The van der Waals surface area contributed by atoms with Gasteiger partial charge in [0.1, 0.15) is 5.15 Å². The molecule has 2 heterocycles. The molecule has 0 bridgehead atoms. The summed E-state index contributed by atoms with van der Waals surface area (Å²) in [6.07, 6.45) is 4.36. The summed E-state index contributed by atoms with van der Waals surface area (Å²) in [4.78, 5) is 14.6. The fraction of sp³-hybridized carbons (Fsp3) is 0. The summed E-state index contributed by atoms with van der Waals surface area (Å²) >= 11 is 5.73. The minimum absolute atomic E-state index is 0.356. The molecule has 76 valence electrons. The van der Waals surface area contributed by atoms with Crippen LogP contribution in [-0.4, -0.2) is 20.5 Å². The zero-order valence-electron chi connectivity index (χ0n) is 7.59. The van der Waals surface area contributed by atoms with Gasteiger partial charge in [-0.25, -0.2) is 9.50 Å². The number of hydrogen-bond donors (Lipinski definition) is 1. The Kier molecular flexibility index (Phi) is 2.39. The minimum atomic E-state index is -0.521. The van der Waals surface area contributed by atoms with Crippen LogP contribution in [0.2, 0.25) is 5.15 Å². The lowest BCUT2D eigenvalue weighted by atomic mass is 10.4. The summed E-state index contributed by atoms with van der Waals surface area (Å²) in [5.41, 5.74) is 6.28. The van der Waals surface area contributed by atoms with Gasteiger partial charge < -0.3 is 5.73 Å². The fourth-order valence-electron chi connectivity index (χ4n) is 1.15. The first-order valence-electron chi connectivity index (χ1n) is 4.14. The second kappa shape index (κ2) is 3.70. The molecule has 0 fully saturated rings. The van der Waals surface area contributed by atoms with Gasteiger partial charge in [-0.15, -0.1) is 0 Å². The maximum absolute atomic E-state index is 10.6. The van der Waals surface area contributed by atoms with E-state index in [1.54, 1.807) is 18.3 Å². The van der Waals surface area contributed by atoms with Crippen molar-refractivity contribution in [3.63, 3.8) is 0 Å². The van der Waals surface area contributed by atoms with Crippen molar-refractivity contribution >= 4 is 29.2 Å². The molecular weight excluding hydrogens is 216 g/mol. The number of aromatic nitrogens is 3. The monoisotopic (exact) mass is 222 g/mol. The van der Waals surface area contributed by atoms with Gasteiger partial charge in [-0.05, 0) is 18.2 Å². The van der Waals surface area contributed by atoms with Crippen molar-refractivity contribution in [1.29, 1.82) is 0 Å². The largest absolute Gasteiger partial charge is 0.366 e. The van der Waals surface area contributed by atoms with Gasteiger partial charge in [-0.1, -0.05) is 11.6 Å². The smallest absolute Gasteiger partial charge is 0.241 e. The van der Waals surface area contributed by atoms with Gasteiger partial charge in [0.05, 0.1) is 11.9 Å². The average molecular weight is 223 g/mol. The minimum Gasteiger partial charge on any atom is -0.366 e. The molecule has 0 aromatic carbocycles. The zero-order valence-corrected chi connectivity index (χ0v) is 8.35. The normalized spacial score (nSPS) is 11.3. The number of halogens is 1. The van der Waals surface area contributed by atoms with Crippen molar-refractivity contribution in [2.45, 2.75) is 0 Å². The molecule has 0 saturated heterocycles. The van der Waals surface area contributed by atoms with E-state index in [2.05, 4.69) is 10.1 Å². The zero-order chi connectivity index (χ0) is 10.8. The number of nitrogens with zero attached hydrogens (tertiary/aromatic N) is 3. The molecule has 1 amide bonds. The predicted octanol–water partition coefficient (Wildman–Crippen LogP) is 0.881. The van der Waals surface area contributed by atoms with E-state index in [1.807, 2.05) is 0 Å². The molecule has 15 heavy (non-hydrogen) atoms.